The molecule has 1 atom stereocenters. The third kappa shape index (κ3) is 7.10. The number of hydrogen-bond donors (Lipinski definition) is 3. The molecule has 0 amide bonds. The molecule has 0 spiro atoms. The minimum Gasteiger partial charge on any atom is -0.392 e. The van der Waals surface area contributed by atoms with Gasteiger partial charge in [-0.3, -0.25) is 0 Å². The molecule has 0 rings (SSSR count). The first-order valence-electron chi connectivity index (χ1n) is 3.30. The molecule has 1 unspecified atom stereocenters. The minimum atomic E-state index is -0.402. The Morgan fingerprint density at radius 3 is 2.82 bits per heavy atom. The molecule has 62 valence electrons. The number of aliphatic hydroxyl groups is 1. The highest BCUT2D eigenvalue weighted by Gasteiger charge is 1.95. The van der Waals surface area contributed by atoms with Gasteiger partial charge in [0.2, 0.25) is 0 Å². The first-order chi connectivity index (χ1) is 5.16. The van der Waals surface area contributed by atoms with E-state index in [0.29, 0.717) is 18.2 Å². The molecule has 4 heteroatoms. The lowest BCUT2D eigenvalue weighted by molar-refractivity contribution is 0.198. The van der Waals surface area contributed by atoms with E-state index in [1.165, 1.54) is 0 Å². The van der Waals surface area contributed by atoms with Gasteiger partial charge in [-0.05, 0) is 19.1 Å². The molecule has 0 aliphatic carbocycles. The lowest BCUT2D eigenvalue weighted by Gasteiger charge is -2.09. The van der Waals surface area contributed by atoms with Crippen LogP contribution in [0.3, 0.4) is 0 Å². The monoisotopic (exact) mass is 172 g/mol. The van der Waals surface area contributed by atoms with E-state index in [-0.39, 0.29) is 0 Å². The van der Waals surface area contributed by atoms with Crippen LogP contribution in [0.1, 0.15) is 6.92 Å². The summed E-state index contributed by atoms with van der Waals surface area (Å²) in [6, 6.07) is 0. The predicted molar refractivity (Wildman–Crippen MR) is 49.1 cm³/mol. The highest BCUT2D eigenvalue weighted by Crippen LogP contribution is 1.74. The van der Waals surface area contributed by atoms with Crippen LogP contribution in [0.2, 0.25) is 0 Å². The van der Waals surface area contributed by atoms with Crippen LogP contribution in [0.15, 0.2) is 0 Å². The van der Waals surface area contributed by atoms with Crippen LogP contribution in [0.4, 0.5) is 0 Å². The van der Waals surface area contributed by atoms with Gasteiger partial charge in [0.15, 0.2) is 5.11 Å². The van der Waals surface area contributed by atoms with Gasteiger partial charge in [0.25, 0.3) is 0 Å². The molecule has 0 aromatic carbocycles. The van der Waals surface area contributed by atoms with Crippen LogP contribution in [0.25, 0.3) is 0 Å². The molecular formula is C7H12N2OS. The standard InChI is InChI=1S/C7H12N2OS/c1-3-4-8-7(11)9-5-6(2)10/h1,6,10H,4-5H2,2H3,(H2,8,9,11). The van der Waals surface area contributed by atoms with Gasteiger partial charge in [-0.25, -0.2) is 0 Å². The van der Waals surface area contributed by atoms with Crippen LogP contribution in [0.5, 0.6) is 0 Å². The van der Waals surface area contributed by atoms with Gasteiger partial charge < -0.3 is 15.7 Å². The zero-order chi connectivity index (χ0) is 8.69. The summed E-state index contributed by atoms with van der Waals surface area (Å²) in [5.41, 5.74) is 0. The van der Waals surface area contributed by atoms with Crippen LogP contribution in [0, 0.1) is 12.3 Å². The number of nitrogens with one attached hydrogen (secondary N) is 2. The summed E-state index contributed by atoms with van der Waals surface area (Å²) >= 11 is 4.81. The fourth-order valence-electron chi connectivity index (χ4n) is 0.434. The zero-order valence-corrected chi connectivity index (χ0v) is 7.24. The lowest BCUT2D eigenvalue weighted by Crippen LogP contribution is -2.38. The molecule has 0 radical (unpaired) electrons. The maximum Gasteiger partial charge on any atom is 0.167 e. The van der Waals surface area contributed by atoms with Crippen molar-refractivity contribution in [3.05, 3.63) is 0 Å². The van der Waals surface area contributed by atoms with Gasteiger partial charge in [0.05, 0.1) is 12.6 Å². The third-order valence-electron chi connectivity index (χ3n) is 0.909. The Labute approximate surface area is 72.2 Å². The van der Waals surface area contributed by atoms with Crippen molar-refractivity contribution in [3.63, 3.8) is 0 Å². The van der Waals surface area contributed by atoms with Gasteiger partial charge in [-0.1, -0.05) is 5.92 Å². The van der Waals surface area contributed by atoms with Crippen molar-refractivity contribution in [2.45, 2.75) is 13.0 Å². The largest absolute Gasteiger partial charge is 0.392 e. The Hall–Kier alpha value is -0.790. The van der Waals surface area contributed by atoms with Crippen molar-refractivity contribution >= 4 is 17.3 Å². The molecule has 0 aromatic rings. The molecule has 0 aliphatic heterocycles. The SMILES string of the molecule is C#CCNC(=S)NCC(C)O. The topological polar surface area (TPSA) is 44.3 Å². The van der Waals surface area contributed by atoms with Crippen LogP contribution in [-0.2, 0) is 0 Å². The van der Waals surface area contributed by atoms with E-state index in [0.717, 1.165) is 0 Å². The third-order valence-corrected chi connectivity index (χ3v) is 1.20. The second kappa shape index (κ2) is 5.96. The van der Waals surface area contributed by atoms with Crippen LogP contribution in [-0.4, -0.2) is 29.4 Å². The lowest BCUT2D eigenvalue weighted by atomic mass is 10.4. The van der Waals surface area contributed by atoms with Crippen molar-refractivity contribution < 1.29 is 5.11 Å². The van der Waals surface area contributed by atoms with Crippen molar-refractivity contribution in [3.8, 4) is 12.3 Å². The van der Waals surface area contributed by atoms with Gasteiger partial charge in [-0.2, -0.15) is 0 Å². The fourth-order valence-corrected chi connectivity index (χ4v) is 0.590. The quantitative estimate of drug-likeness (QED) is 0.395. The summed E-state index contributed by atoms with van der Waals surface area (Å²) in [5, 5.41) is 14.9. The highest BCUT2D eigenvalue weighted by molar-refractivity contribution is 7.80. The van der Waals surface area contributed by atoms with Crippen molar-refractivity contribution in [1.29, 1.82) is 0 Å². The highest BCUT2D eigenvalue weighted by atomic mass is 32.1. The van der Waals surface area contributed by atoms with Crippen molar-refractivity contribution in [2.24, 2.45) is 0 Å². The second-order valence-electron chi connectivity index (χ2n) is 2.12. The number of thiocarbonyl (C=S) groups is 1. The van der Waals surface area contributed by atoms with E-state index < -0.39 is 6.10 Å². The maximum atomic E-state index is 8.84. The Morgan fingerprint density at radius 2 is 2.36 bits per heavy atom. The van der Waals surface area contributed by atoms with E-state index in [4.69, 9.17) is 23.7 Å². The van der Waals surface area contributed by atoms with Crippen molar-refractivity contribution in [1.82, 2.24) is 10.6 Å². The summed E-state index contributed by atoms with van der Waals surface area (Å²) in [5.74, 6) is 2.39. The van der Waals surface area contributed by atoms with E-state index in [9.17, 15) is 0 Å². The van der Waals surface area contributed by atoms with E-state index in [2.05, 4.69) is 16.6 Å². The molecule has 0 saturated heterocycles. The van der Waals surface area contributed by atoms with Crippen LogP contribution >= 0.6 is 12.2 Å². The number of hydrogen-bond acceptors (Lipinski definition) is 2. The summed E-state index contributed by atoms with van der Waals surface area (Å²) in [7, 11) is 0. The molecule has 0 saturated carbocycles. The first kappa shape index (κ1) is 10.2. The molecule has 3 N–H and O–H groups in total. The Kier molecular flexibility index (Phi) is 5.53. The molecule has 0 aromatic heterocycles. The van der Waals surface area contributed by atoms with Gasteiger partial charge in [0.1, 0.15) is 0 Å². The molecule has 11 heavy (non-hydrogen) atoms. The van der Waals surface area contributed by atoms with Crippen molar-refractivity contribution in [2.75, 3.05) is 13.1 Å². The fraction of sp³-hybridized carbons (Fsp3) is 0.571. The average molecular weight is 172 g/mol. The molecular weight excluding hydrogens is 160 g/mol. The number of aliphatic hydroxyl groups excluding tert-OH is 1. The number of terminal acetylenes is 1. The van der Waals surface area contributed by atoms with Gasteiger partial charge >= 0.3 is 0 Å². The summed E-state index contributed by atoms with van der Waals surface area (Å²) in [6.07, 6.45) is 4.58. The van der Waals surface area contributed by atoms with Gasteiger partial charge in [-0.15, -0.1) is 6.42 Å². The van der Waals surface area contributed by atoms with Crippen LogP contribution < -0.4 is 10.6 Å². The molecule has 0 fully saturated rings. The summed E-state index contributed by atoms with van der Waals surface area (Å²) in [4.78, 5) is 0. The molecule has 0 aliphatic rings. The van der Waals surface area contributed by atoms with E-state index in [1.54, 1.807) is 6.92 Å². The molecule has 0 heterocycles. The minimum absolute atomic E-state index is 0.402. The Morgan fingerprint density at radius 1 is 1.73 bits per heavy atom. The normalized spacial score (nSPS) is 11.4. The second-order valence-corrected chi connectivity index (χ2v) is 2.52. The number of rotatable bonds is 3. The average Bonchev–Trinajstić information content (AvgIpc) is 1.97. The Balaban J connectivity index is 3.32. The van der Waals surface area contributed by atoms with E-state index in [1.807, 2.05) is 0 Å². The smallest absolute Gasteiger partial charge is 0.167 e. The van der Waals surface area contributed by atoms with Gasteiger partial charge in [0, 0.05) is 6.54 Å². The summed E-state index contributed by atoms with van der Waals surface area (Å²) < 4.78 is 0. The maximum absolute atomic E-state index is 8.84. The molecule has 3 nitrogen and oxygen atoms in total. The summed E-state index contributed by atoms with van der Waals surface area (Å²) in [6.45, 7) is 2.53. The Bertz CT molecular complexity index is 162. The first-order valence-corrected chi connectivity index (χ1v) is 3.71. The zero-order valence-electron chi connectivity index (χ0n) is 6.42. The molecule has 0 bridgehead atoms. The predicted octanol–water partition coefficient (Wildman–Crippen LogP) is -0.536. The van der Waals surface area contributed by atoms with E-state index >= 15 is 0 Å².